The molecule has 0 saturated heterocycles. The predicted molar refractivity (Wildman–Crippen MR) is 46.2 cm³/mol. The fourth-order valence-corrected chi connectivity index (χ4v) is 1.18. The van der Waals surface area contributed by atoms with Crippen molar-refractivity contribution in [3.63, 3.8) is 0 Å². The predicted octanol–water partition coefficient (Wildman–Crippen LogP) is -2.00. The molecule has 2 atom stereocenters. The zero-order valence-corrected chi connectivity index (χ0v) is 7.75. The molecule has 0 saturated carbocycles. The number of rotatable bonds is 2. The highest BCUT2D eigenvalue weighted by molar-refractivity contribution is 5.95. The van der Waals surface area contributed by atoms with E-state index in [4.69, 9.17) is 10.2 Å². The quantitative estimate of drug-likeness (QED) is 0.364. The van der Waals surface area contributed by atoms with Crippen molar-refractivity contribution in [2.24, 2.45) is 0 Å². The fraction of sp³-hybridized carbons (Fsp3) is 0.625. The molecule has 7 nitrogen and oxygen atoms in total. The average Bonchev–Trinajstić information content (AvgIpc) is 2.32. The van der Waals surface area contributed by atoms with E-state index in [1.165, 1.54) is 0 Å². The van der Waals surface area contributed by atoms with Gasteiger partial charge < -0.3 is 30.3 Å². The smallest absolute Gasteiger partial charge is 0.226 e. The summed E-state index contributed by atoms with van der Waals surface area (Å²) in [4.78, 5) is 11.0. The fourth-order valence-electron chi connectivity index (χ4n) is 1.18. The lowest BCUT2D eigenvalue weighted by Crippen LogP contribution is -2.50. The highest BCUT2D eigenvalue weighted by Crippen LogP contribution is 2.25. The number of ether oxygens (including phenoxy) is 1. The van der Waals surface area contributed by atoms with Crippen LogP contribution >= 0.6 is 0 Å². The van der Waals surface area contributed by atoms with Crippen molar-refractivity contribution in [3.8, 4) is 0 Å². The van der Waals surface area contributed by atoms with Crippen molar-refractivity contribution in [2.75, 3.05) is 19.8 Å². The Balaban J connectivity index is 3.12. The maximum absolute atomic E-state index is 11.0. The Labute approximate surface area is 84.8 Å². The molecule has 0 aromatic heterocycles. The number of ketones is 1. The van der Waals surface area contributed by atoms with Crippen molar-refractivity contribution < 1.29 is 35.1 Å². The van der Waals surface area contributed by atoms with Crippen LogP contribution in [0.2, 0.25) is 0 Å². The van der Waals surface area contributed by atoms with E-state index in [-0.39, 0.29) is 0 Å². The molecule has 0 aromatic rings. The van der Waals surface area contributed by atoms with E-state index >= 15 is 0 Å². The summed E-state index contributed by atoms with van der Waals surface area (Å²) in [5.74, 6) is -3.07. The molecule has 86 valence electrons. The van der Waals surface area contributed by atoms with Crippen LogP contribution in [-0.4, -0.2) is 62.8 Å². The molecule has 7 heteroatoms. The van der Waals surface area contributed by atoms with Gasteiger partial charge in [0.2, 0.25) is 11.5 Å². The minimum absolute atomic E-state index is 0.518. The van der Waals surface area contributed by atoms with Gasteiger partial charge in [0.15, 0.2) is 11.4 Å². The number of hydrogen-bond donors (Lipinski definition) is 5. The van der Waals surface area contributed by atoms with Gasteiger partial charge in [0, 0.05) is 0 Å². The van der Waals surface area contributed by atoms with Gasteiger partial charge in [-0.15, -0.1) is 0 Å². The van der Waals surface area contributed by atoms with E-state index in [0.29, 0.717) is 0 Å². The largest absolute Gasteiger partial charge is 0.506 e. The molecule has 0 spiro atoms. The molecular weight excluding hydrogens is 208 g/mol. The first-order valence-corrected chi connectivity index (χ1v) is 4.18. The van der Waals surface area contributed by atoms with Crippen molar-refractivity contribution in [3.05, 3.63) is 11.5 Å². The van der Waals surface area contributed by atoms with E-state index in [1.807, 2.05) is 0 Å². The summed E-state index contributed by atoms with van der Waals surface area (Å²) >= 11 is 0. The van der Waals surface area contributed by atoms with Crippen LogP contribution in [0.1, 0.15) is 0 Å². The minimum atomic E-state index is -2.37. The van der Waals surface area contributed by atoms with Gasteiger partial charge in [0.1, 0.15) is 12.7 Å². The summed E-state index contributed by atoms with van der Waals surface area (Å²) in [6, 6.07) is 0. The summed E-state index contributed by atoms with van der Waals surface area (Å²) in [6.45, 7) is -1.97. The Morgan fingerprint density at radius 2 is 2.07 bits per heavy atom. The number of carbonyl (C=O) groups excluding carboxylic acids is 1. The molecule has 0 aromatic carbocycles. The van der Waals surface area contributed by atoms with Crippen LogP contribution in [0, 0.1) is 0 Å². The number of aliphatic hydroxyl groups excluding tert-OH is 4. The number of hydrogen-bond acceptors (Lipinski definition) is 7. The molecule has 15 heavy (non-hydrogen) atoms. The highest BCUT2D eigenvalue weighted by Gasteiger charge is 2.45. The molecule has 0 fully saturated rings. The zero-order chi connectivity index (χ0) is 11.6. The Bertz CT molecular complexity index is 297. The van der Waals surface area contributed by atoms with Gasteiger partial charge in [0.25, 0.3) is 0 Å². The average molecular weight is 220 g/mol. The molecule has 0 aliphatic carbocycles. The van der Waals surface area contributed by atoms with Gasteiger partial charge in [-0.05, 0) is 0 Å². The number of carbonyl (C=O) groups is 1. The van der Waals surface area contributed by atoms with Gasteiger partial charge in [-0.2, -0.15) is 0 Å². The third-order valence-corrected chi connectivity index (χ3v) is 2.18. The molecule has 0 bridgehead atoms. The summed E-state index contributed by atoms with van der Waals surface area (Å²) in [5, 5.41) is 46.1. The Hall–Kier alpha value is -1.15. The van der Waals surface area contributed by atoms with E-state index < -0.39 is 48.8 Å². The van der Waals surface area contributed by atoms with Crippen LogP contribution in [0.15, 0.2) is 11.5 Å². The minimum Gasteiger partial charge on any atom is -0.506 e. The summed E-state index contributed by atoms with van der Waals surface area (Å²) in [5.41, 5.74) is -2.37. The zero-order valence-electron chi connectivity index (χ0n) is 7.75. The van der Waals surface area contributed by atoms with Gasteiger partial charge in [-0.3, -0.25) is 4.79 Å². The highest BCUT2D eigenvalue weighted by atomic mass is 16.5. The number of Topliss-reactive ketones (excluding diaryl/α,β-unsaturated/α-hetero) is 1. The SMILES string of the molecule is O=C1COCC(O)(C(O)CO)C(O)=C1O. The maximum atomic E-state index is 11.0. The lowest BCUT2D eigenvalue weighted by molar-refractivity contribution is -0.131. The maximum Gasteiger partial charge on any atom is 0.226 e. The van der Waals surface area contributed by atoms with Crippen LogP contribution in [0.25, 0.3) is 0 Å². The number of aliphatic hydroxyl groups is 5. The molecule has 2 unspecified atom stereocenters. The topological polar surface area (TPSA) is 127 Å². The second kappa shape index (κ2) is 4.15. The van der Waals surface area contributed by atoms with Crippen molar-refractivity contribution in [1.82, 2.24) is 0 Å². The third kappa shape index (κ3) is 1.95. The van der Waals surface area contributed by atoms with Crippen molar-refractivity contribution >= 4 is 5.78 Å². The Morgan fingerprint density at radius 1 is 1.47 bits per heavy atom. The first-order chi connectivity index (χ1) is 6.93. The lowest BCUT2D eigenvalue weighted by atomic mass is 9.94. The second-order valence-corrected chi connectivity index (χ2v) is 3.24. The van der Waals surface area contributed by atoms with Gasteiger partial charge >= 0.3 is 0 Å². The van der Waals surface area contributed by atoms with Crippen molar-refractivity contribution in [1.29, 1.82) is 0 Å². The molecule has 5 N–H and O–H groups in total. The van der Waals surface area contributed by atoms with E-state index in [1.54, 1.807) is 0 Å². The Morgan fingerprint density at radius 3 is 2.60 bits per heavy atom. The molecule has 1 heterocycles. The molecule has 0 amide bonds. The van der Waals surface area contributed by atoms with Gasteiger partial charge in [-0.1, -0.05) is 0 Å². The lowest BCUT2D eigenvalue weighted by Gasteiger charge is -2.29. The molecule has 1 aliphatic rings. The van der Waals surface area contributed by atoms with Crippen molar-refractivity contribution in [2.45, 2.75) is 11.7 Å². The van der Waals surface area contributed by atoms with Gasteiger partial charge in [-0.25, -0.2) is 0 Å². The van der Waals surface area contributed by atoms with Crippen LogP contribution in [0.5, 0.6) is 0 Å². The van der Waals surface area contributed by atoms with Crippen LogP contribution in [0.4, 0.5) is 0 Å². The van der Waals surface area contributed by atoms with E-state index in [2.05, 4.69) is 4.74 Å². The monoisotopic (exact) mass is 220 g/mol. The van der Waals surface area contributed by atoms with Crippen LogP contribution < -0.4 is 0 Å². The summed E-state index contributed by atoms with van der Waals surface area (Å²) in [6.07, 6.45) is -1.76. The van der Waals surface area contributed by atoms with E-state index in [0.717, 1.165) is 0 Å². The Kier molecular flexibility index (Phi) is 3.30. The molecule has 1 rings (SSSR count). The molecule has 0 radical (unpaired) electrons. The van der Waals surface area contributed by atoms with Crippen LogP contribution in [-0.2, 0) is 9.53 Å². The molecular formula is C8H12O7. The second-order valence-electron chi connectivity index (χ2n) is 3.24. The first kappa shape index (κ1) is 11.9. The van der Waals surface area contributed by atoms with Gasteiger partial charge in [0.05, 0.1) is 13.2 Å². The summed E-state index contributed by atoms with van der Waals surface area (Å²) < 4.78 is 4.65. The van der Waals surface area contributed by atoms with Crippen LogP contribution in [0.3, 0.4) is 0 Å². The first-order valence-electron chi connectivity index (χ1n) is 4.18. The van der Waals surface area contributed by atoms with E-state index in [9.17, 15) is 20.1 Å². The summed E-state index contributed by atoms with van der Waals surface area (Å²) in [7, 11) is 0. The molecule has 1 aliphatic heterocycles. The normalized spacial score (nSPS) is 30.2. The third-order valence-electron chi connectivity index (χ3n) is 2.18. The standard InChI is InChI=1S/C8H12O7/c9-1-5(11)8(14)3-15-2-4(10)6(12)7(8)13/h5,9,11-14H,1-3H2.